The zero-order valence-corrected chi connectivity index (χ0v) is 15.7. The molecule has 2 aliphatic heterocycles. The number of hydrogen-bond acceptors (Lipinski definition) is 3. The Morgan fingerprint density at radius 1 is 1.12 bits per heavy atom. The summed E-state index contributed by atoms with van der Waals surface area (Å²) in [5, 5.41) is 3.71. The molecule has 3 heterocycles. The average molecular weight is 373 g/mol. The summed E-state index contributed by atoms with van der Waals surface area (Å²) in [5.74, 6) is 1.37. The van der Waals surface area contributed by atoms with Gasteiger partial charge in [-0.3, -0.25) is 4.79 Å². The Morgan fingerprint density at radius 2 is 1.96 bits per heavy atom. The number of nitrogens with zero attached hydrogens (tertiary/aromatic N) is 1. The summed E-state index contributed by atoms with van der Waals surface area (Å²) >= 11 is 6.21. The third kappa shape index (κ3) is 3.67. The van der Waals surface area contributed by atoms with Crippen LogP contribution in [0, 0.1) is 5.92 Å². The second-order valence-corrected chi connectivity index (χ2v) is 7.76. The van der Waals surface area contributed by atoms with Crippen LogP contribution in [0.5, 0.6) is 0 Å². The minimum atomic E-state index is -0.142. The first-order valence-corrected chi connectivity index (χ1v) is 9.97. The summed E-state index contributed by atoms with van der Waals surface area (Å²) in [6.07, 6.45) is 6.31. The standard InChI is InChI=1S/C21H25ClN2O2/c22-17-8-2-1-7-16(17)19-10-11-20(26-19)21(25)23-14-15-6-5-13-24-12-4-3-9-18(15)24/h1-2,7-8,10-11,15,18H,3-6,9,12-14H2,(H,23,25). The van der Waals surface area contributed by atoms with Crippen molar-refractivity contribution in [1.29, 1.82) is 0 Å². The smallest absolute Gasteiger partial charge is 0.287 e. The van der Waals surface area contributed by atoms with Crippen molar-refractivity contribution in [2.24, 2.45) is 5.92 Å². The Bertz CT molecular complexity index is 771. The Labute approximate surface area is 159 Å². The molecule has 2 saturated heterocycles. The van der Waals surface area contributed by atoms with Gasteiger partial charge in [0.1, 0.15) is 5.76 Å². The minimum absolute atomic E-state index is 0.142. The number of carbonyl (C=O) groups is 1. The number of furan rings is 1. The lowest BCUT2D eigenvalue weighted by Gasteiger charge is -2.44. The highest BCUT2D eigenvalue weighted by molar-refractivity contribution is 6.33. The van der Waals surface area contributed by atoms with E-state index in [9.17, 15) is 4.79 Å². The number of nitrogens with one attached hydrogen (secondary N) is 1. The van der Waals surface area contributed by atoms with Crippen molar-refractivity contribution in [3.05, 3.63) is 47.2 Å². The van der Waals surface area contributed by atoms with Crippen LogP contribution in [0.3, 0.4) is 0 Å². The number of benzene rings is 1. The van der Waals surface area contributed by atoms with E-state index in [0.29, 0.717) is 28.5 Å². The quantitative estimate of drug-likeness (QED) is 0.853. The van der Waals surface area contributed by atoms with E-state index in [2.05, 4.69) is 10.2 Å². The predicted octanol–water partition coefficient (Wildman–Crippen LogP) is 4.59. The number of piperidine rings is 2. The largest absolute Gasteiger partial charge is 0.451 e. The summed E-state index contributed by atoms with van der Waals surface area (Å²) in [6, 6.07) is 11.7. The highest BCUT2D eigenvalue weighted by Crippen LogP contribution is 2.31. The zero-order chi connectivity index (χ0) is 17.9. The Morgan fingerprint density at radius 3 is 2.85 bits per heavy atom. The van der Waals surface area contributed by atoms with Crippen LogP contribution in [0.25, 0.3) is 11.3 Å². The van der Waals surface area contributed by atoms with Gasteiger partial charge < -0.3 is 14.6 Å². The molecule has 0 radical (unpaired) electrons. The van der Waals surface area contributed by atoms with Crippen LogP contribution in [-0.2, 0) is 0 Å². The number of halogens is 1. The van der Waals surface area contributed by atoms with Crippen molar-refractivity contribution in [3.8, 4) is 11.3 Å². The van der Waals surface area contributed by atoms with Gasteiger partial charge in [0.25, 0.3) is 5.91 Å². The molecule has 1 amide bonds. The number of amides is 1. The van der Waals surface area contributed by atoms with Crippen molar-refractivity contribution in [2.75, 3.05) is 19.6 Å². The number of carbonyl (C=O) groups excluding carboxylic acids is 1. The van der Waals surface area contributed by atoms with Gasteiger partial charge in [0.05, 0.1) is 5.02 Å². The third-order valence-corrected chi connectivity index (χ3v) is 6.05. The molecule has 0 saturated carbocycles. The van der Waals surface area contributed by atoms with Gasteiger partial charge in [0.2, 0.25) is 0 Å². The molecule has 0 spiro atoms. The number of fused-ring (bicyclic) bond motifs is 1. The van der Waals surface area contributed by atoms with Crippen molar-refractivity contribution < 1.29 is 9.21 Å². The van der Waals surface area contributed by atoms with E-state index >= 15 is 0 Å². The first-order valence-electron chi connectivity index (χ1n) is 9.59. The van der Waals surface area contributed by atoms with Crippen LogP contribution in [0.15, 0.2) is 40.8 Å². The molecule has 4 rings (SSSR count). The van der Waals surface area contributed by atoms with Crippen molar-refractivity contribution in [2.45, 2.75) is 38.1 Å². The van der Waals surface area contributed by atoms with E-state index in [1.54, 1.807) is 12.1 Å². The molecule has 0 aliphatic carbocycles. The second-order valence-electron chi connectivity index (χ2n) is 7.36. The zero-order valence-electron chi connectivity index (χ0n) is 14.9. The maximum absolute atomic E-state index is 12.5. The van der Waals surface area contributed by atoms with Gasteiger partial charge in [-0.2, -0.15) is 0 Å². The molecule has 4 nitrogen and oxygen atoms in total. The van der Waals surface area contributed by atoms with Crippen LogP contribution >= 0.6 is 11.6 Å². The molecule has 2 aliphatic rings. The van der Waals surface area contributed by atoms with Gasteiger partial charge in [-0.05, 0) is 69.0 Å². The van der Waals surface area contributed by atoms with Crippen LogP contribution < -0.4 is 5.32 Å². The molecular weight excluding hydrogens is 348 g/mol. The van der Waals surface area contributed by atoms with Gasteiger partial charge in [0.15, 0.2) is 5.76 Å². The molecule has 1 aromatic carbocycles. The Kier molecular flexibility index (Phi) is 5.32. The molecular formula is C21H25ClN2O2. The van der Waals surface area contributed by atoms with E-state index in [1.165, 1.54) is 45.2 Å². The fraction of sp³-hybridized carbons (Fsp3) is 0.476. The lowest BCUT2D eigenvalue weighted by Crippen LogP contribution is -2.50. The summed E-state index contributed by atoms with van der Waals surface area (Å²) in [5.41, 5.74) is 0.804. The summed E-state index contributed by atoms with van der Waals surface area (Å²) in [4.78, 5) is 15.1. The highest BCUT2D eigenvalue weighted by atomic mass is 35.5. The summed E-state index contributed by atoms with van der Waals surface area (Å²) in [7, 11) is 0. The lowest BCUT2D eigenvalue weighted by atomic mass is 9.83. The molecule has 2 unspecified atom stereocenters. The van der Waals surface area contributed by atoms with Crippen molar-refractivity contribution in [3.63, 3.8) is 0 Å². The average Bonchev–Trinajstić information content (AvgIpc) is 3.16. The first-order chi connectivity index (χ1) is 12.7. The molecule has 138 valence electrons. The van der Waals surface area contributed by atoms with E-state index in [-0.39, 0.29) is 5.91 Å². The number of hydrogen-bond donors (Lipinski definition) is 1. The monoisotopic (exact) mass is 372 g/mol. The van der Waals surface area contributed by atoms with Gasteiger partial charge >= 0.3 is 0 Å². The van der Waals surface area contributed by atoms with Crippen molar-refractivity contribution >= 4 is 17.5 Å². The van der Waals surface area contributed by atoms with E-state index in [0.717, 1.165) is 12.1 Å². The SMILES string of the molecule is O=C(NCC1CCCN2CCCCC12)c1ccc(-c2ccccc2Cl)o1. The van der Waals surface area contributed by atoms with Crippen molar-refractivity contribution in [1.82, 2.24) is 10.2 Å². The van der Waals surface area contributed by atoms with E-state index in [4.69, 9.17) is 16.0 Å². The molecule has 0 bridgehead atoms. The van der Waals surface area contributed by atoms with Gasteiger partial charge in [-0.1, -0.05) is 30.2 Å². The fourth-order valence-electron chi connectivity index (χ4n) is 4.39. The first kappa shape index (κ1) is 17.6. The number of rotatable bonds is 4. The normalized spacial score (nSPS) is 23.4. The van der Waals surface area contributed by atoms with Gasteiger partial charge in [0, 0.05) is 18.2 Å². The third-order valence-electron chi connectivity index (χ3n) is 5.72. The van der Waals surface area contributed by atoms with E-state index < -0.39 is 0 Å². The molecule has 2 aromatic rings. The Hall–Kier alpha value is -1.78. The molecule has 26 heavy (non-hydrogen) atoms. The maximum Gasteiger partial charge on any atom is 0.287 e. The topological polar surface area (TPSA) is 45.5 Å². The lowest BCUT2D eigenvalue weighted by molar-refractivity contribution is 0.0571. The molecule has 2 fully saturated rings. The molecule has 2 atom stereocenters. The Balaban J connectivity index is 1.39. The van der Waals surface area contributed by atoms with Gasteiger partial charge in [-0.15, -0.1) is 0 Å². The summed E-state index contributed by atoms with van der Waals surface area (Å²) < 4.78 is 5.75. The maximum atomic E-state index is 12.5. The minimum Gasteiger partial charge on any atom is -0.451 e. The molecule has 5 heteroatoms. The summed E-state index contributed by atoms with van der Waals surface area (Å²) in [6.45, 7) is 3.16. The predicted molar refractivity (Wildman–Crippen MR) is 103 cm³/mol. The highest BCUT2D eigenvalue weighted by Gasteiger charge is 2.33. The fourth-order valence-corrected chi connectivity index (χ4v) is 4.62. The van der Waals surface area contributed by atoms with Crippen LogP contribution in [0.2, 0.25) is 5.02 Å². The second kappa shape index (κ2) is 7.85. The van der Waals surface area contributed by atoms with Crippen LogP contribution in [0.4, 0.5) is 0 Å². The molecule has 1 aromatic heterocycles. The van der Waals surface area contributed by atoms with Crippen LogP contribution in [-0.4, -0.2) is 36.5 Å². The van der Waals surface area contributed by atoms with E-state index in [1.807, 2.05) is 24.3 Å². The van der Waals surface area contributed by atoms with Crippen LogP contribution in [0.1, 0.15) is 42.7 Å². The van der Waals surface area contributed by atoms with Gasteiger partial charge in [-0.25, -0.2) is 0 Å². The molecule has 1 N–H and O–H groups in total.